The van der Waals surface area contributed by atoms with Crippen LogP contribution >= 0.6 is 11.6 Å². The number of halogens is 2. The van der Waals surface area contributed by atoms with Crippen molar-refractivity contribution < 1.29 is 13.9 Å². The molecule has 0 bridgehead atoms. The Morgan fingerprint density at radius 3 is 2.83 bits per heavy atom. The lowest BCUT2D eigenvalue weighted by Crippen LogP contribution is -2.25. The lowest BCUT2D eigenvalue weighted by molar-refractivity contribution is -0.121. The van der Waals surface area contributed by atoms with Gasteiger partial charge in [0.25, 0.3) is 0 Å². The first-order chi connectivity index (χ1) is 8.45. The van der Waals surface area contributed by atoms with Crippen molar-refractivity contribution in [2.24, 2.45) is 5.92 Å². The lowest BCUT2D eigenvalue weighted by Gasteiger charge is -2.08. The minimum Gasteiger partial charge on any atom is -0.486 e. The molecule has 0 radical (unpaired) electrons. The number of hydrogen-bond acceptors (Lipinski definition) is 4. The van der Waals surface area contributed by atoms with Crippen molar-refractivity contribution in [2.75, 3.05) is 6.61 Å². The van der Waals surface area contributed by atoms with E-state index in [1.165, 1.54) is 19.1 Å². The van der Waals surface area contributed by atoms with Gasteiger partial charge in [0.05, 0.1) is 11.1 Å². The van der Waals surface area contributed by atoms with Crippen LogP contribution in [0, 0.1) is 28.5 Å². The van der Waals surface area contributed by atoms with E-state index in [1.54, 1.807) is 6.07 Å². The lowest BCUT2D eigenvalue weighted by atomic mass is 10.0. The van der Waals surface area contributed by atoms with Crippen LogP contribution < -0.4 is 4.74 Å². The van der Waals surface area contributed by atoms with Gasteiger partial charge in [-0.05, 0) is 19.1 Å². The Bertz CT molecular complexity index is 525. The summed E-state index contributed by atoms with van der Waals surface area (Å²) in [7, 11) is 0. The van der Waals surface area contributed by atoms with Crippen LogP contribution in [-0.2, 0) is 4.79 Å². The molecule has 0 aliphatic rings. The second-order valence-corrected chi connectivity index (χ2v) is 3.98. The van der Waals surface area contributed by atoms with Gasteiger partial charge in [0, 0.05) is 11.8 Å². The number of nitrogens with zero attached hydrogens (tertiary/aromatic N) is 1. The van der Waals surface area contributed by atoms with Crippen LogP contribution in [0.25, 0.3) is 0 Å². The molecule has 0 fully saturated rings. The molecular weight excluding hydrogens is 259 g/mol. The van der Waals surface area contributed by atoms with Gasteiger partial charge >= 0.3 is 0 Å². The molecule has 0 aliphatic carbocycles. The number of carbonyl (C=O) groups is 1. The third-order valence-corrected chi connectivity index (χ3v) is 2.45. The van der Waals surface area contributed by atoms with Crippen LogP contribution in [-0.4, -0.2) is 18.1 Å². The highest BCUT2D eigenvalue weighted by Gasteiger charge is 2.20. The summed E-state index contributed by atoms with van der Waals surface area (Å²) in [6, 6.07) is 5.40. The normalized spacial score (nSPS) is 11.4. The fraction of sp³-hybridized carbons (Fsp3) is 0.250. The van der Waals surface area contributed by atoms with Crippen molar-refractivity contribution in [2.45, 2.75) is 6.92 Å². The van der Waals surface area contributed by atoms with E-state index in [2.05, 4.69) is 0 Å². The molecule has 1 N–H and O–H groups in total. The van der Waals surface area contributed by atoms with E-state index >= 15 is 0 Å². The first kappa shape index (κ1) is 14.1. The van der Waals surface area contributed by atoms with Gasteiger partial charge in [0.1, 0.15) is 24.1 Å². The summed E-state index contributed by atoms with van der Waals surface area (Å²) in [5.41, 5.74) is -0.0387. The van der Waals surface area contributed by atoms with Crippen molar-refractivity contribution in [1.29, 1.82) is 10.7 Å². The molecule has 6 heteroatoms. The topological polar surface area (TPSA) is 73.9 Å². The van der Waals surface area contributed by atoms with Crippen LogP contribution in [0.4, 0.5) is 4.39 Å². The Labute approximate surface area is 108 Å². The number of nitrogens with one attached hydrogen (secondary N) is 1. The molecule has 1 aromatic rings. The van der Waals surface area contributed by atoms with E-state index in [0.717, 1.165) is 6.07 Å². The molecule has 1 rings (SSSR count). The summed E-state index contributed by atoms with van der Waals surface area (Å²) in [6.45, 7) is 1.01. The molecule has 0 saturated carbocycles. The zero-order valence-corrected chi connectivity index (χ0v) is 10.3. The van der Waals surface area contributed by atoms with Crippen molar-refractivity contribution in [3.05, 3.63) is 29.0 Å². The van der Waals surface area contributed by atoms with Crippen molar-refractivity contribution in [3.8, 4) is 11.8 Å². The molecule has 1 atom stereocenters. The fourth-order valence-corrected chi connectivity index (χ4v) is 1.39. The Hall–Kier alpha value is -1.93. The molecule has 0 aromatic heterocycles. The van der Waals surface area contributed by atoms with Gasteiger partial charge in [-0.3, -0.25) is 4.79 Å². The fourth-order valence-electron chi connectivity index (χ4n) is 1.21. The van der Waals surface area contributed by atoms with Crippen LogP contribution in [0.5, 0.6) is 5.75 Å². The molecule has 94 valence electrons. The average Bonchev–Trinajstić information content (AvgIpc) is 2.31. The van der Waals surface area contributed by atoms with E-state index < -0.39 is 17.5 Å². The average molecular weight is 269 g/mol. The predicted octanol–water partition coefficient (Wildman–Crippen LogP) is 2.61. The predicted molar refractivity (Wildman–Crippen MR) is 64.4 cm³/mol. The number of ketones is 1. The maximum Gasteiger partial charge on any atom is 0.192 e. The van der Waals surface area contributed by atoms with Crippen molar-refractivity contribution in [3.63, 3.8) is 0 Å². The van der Waals surface area contributed by atoms with Crippen LogP contribution in [0.3, 0.4) is 0 Å². The first-order valence-electron chi connectivity index (χ1n) is 5.01. The van der Waals surface area contributed by atoms with E-state index in [0.29, 0.717) is 0 Å². The largest absolute Gasteiger partial charge is 0.486 e. The molecule has 0 heterocycles. The minimum absolute atomic E-state index is 0.0387. The van der Waals surface area contributed by atoms with Crippen molar-refractivity contribution in [1.82, 2.24) is 0 Å². The third kappa shape index (κ3) is 3.54. The number of Topliss-reactive ketones (excluding diaryl/α,β-unsaturated/α-hetero) is 1. The second-order valence-electron chi connectivity index (χ2n) is 3.58. The van der Waals surface area contributed by atoms with Crippen LogP contribution in [0.1, 0.15) is 6.92 Å². The molecule has 0 amide bonds. The Kier molecular flexibility index (Phi) is 4.81. The highest BCUT2D eigenvalue weighted by atomic mass is 35.5. The molecule has 0 saturated heterocycles. The van der Waals surface area contributed by atoms with Gasteiger partial charge in [-0.25, -0.2) is 4.39 Å². The summed E-state index contributed by atoms with van der Waals surface area (Å²) in [5.74, 6) is -1.99. The monoisotopic (exact) mass is 268 g/mol. The SMILES string of the molecule is CC(=N)C(C#N)C(=O)COc1ccc(F)c(Cl)c1. The Morgan fingerprint density at radius 1 is 1.67 bits per heavy atom. The molecule has 0 aliphatic heterocycles. The summed E-state index contributed by atoms with van der Waals surface area (Å²) in [4.78, 5) is 11.5. The van der Waals surface area contributed by atoms with Gasteiger partial charge in [-0.15, -0.1) is 0 Å². The van der Waals surface area contributed by atoms with Crippen LogP contribution in [0.2, 0.25) is 5.02 Å². The molecule has 1 aromatic carbocycles. The van der Waals surface area contributed by atoms with E-state index in [1.807, 2.05) is 0 Å². The third-order valence-electron chi connectivity index (χ3n) is 2.16. The summed E-state index contributed by atoms with van der Waals surface area (Å²) in [5, 5.41) is 15.9. The molecule has 4 nitrogen and oxygen atoms in total. The maximum atomic E-state index is 12.9. The minimum atomic E-state index is -1.11. The van der Waals surface area contributed by atoms with Crippen molar-refractivity contribution >= 4 is 23.1 Å². The van der Waals surface area contributed by atoms with Gasteiger partial charge in [-0.1, -0.05) is 11.6 Å². The van der Waals surface area contributed by atoms with Gasteiger partial charge < -0.3 is 10.1 Å². The molecule has 18 heavy (non-hydrogen) atoms. The van der Waals surface area contributed by atoms with E-state index in [4.69, 9.17) is 27.0 Å². The first-order valence-corrected chi connectivity index (χ1v) is 5.38. The molecule has 0 spiro atoms. The number of hydrogen-bond donors (Lipinski definition) is 1. The van der Waals surface area contributed by atoms with Gasteiger partial charge in [0.2, 0.25) is 0 Å². The number of carbonyl (C=O) groups excluding carboxylic acids is 1. The summed E-state index contributed by atoms with van der Waals surface area (Å²) >= 11 is 5.54. The van der Waals surface area contributed by atoms with E-state index in [-0.39, 0.29) is 23.1 Å². The van der Waals surface area contributed by atoms with Gasteiger partial charge in [0.15, 0.2) is 5.78 Å². The highest BCUT2D eigenvalue weighted by Crippen LogP contribution is 2.21. The number of nitriles is 1. The zero-order valence-electron chi connectivity index (χ0n) is 9.54. The zero-order chi connectivity index (χ0) is 13.7. The summed E-state index contributed by atoms with van der Waals surface area (Å²) < 4.78 is 17.9. The quantitative estimate of drug-likeness (QED) is 0.834. The summed E-state index contributed by atoms with van der Waals surface area (Å²) in [6.07, 6.45) is 0. The van der Waals surface area contributed by atoms with Gasteiger partial charge in [-0.2, -0.15) is 5.26 Å². The molecule has 1 unspecified atom stereocenters. The van der Waals surface area contributed by atoms with E-state index in [9.17, 15) is 9.18 Å². The Balaban J connectivity index is 2.65. The standard InChI is InChI=1S/C12H10ClFN2O2/c1-7(16)9(5-15)12(17)6-18-8-2-3-11(14)10(13)4-8/h2-4,9,16H,6H2,1H3. The number of rotatable bonds is 5. The van der Waals surface area contributed by atoms with Crippen LogP contribution in [0.15, 0.2) is 18.2 Å². The molecular formula is C12H10ClFN2O2. The smallest absolute Gasteiger partial charge is 0.192 e. The maximum absolute atomic E-state index is 12.9. The Morgan fingerprint density at radius 2 is 2.33 bits per heavy atom. The highest BCUT2D eigenvalue weighted by molar-refractivity contribution is 6.30. The number of ether oxygens (including phenoxy) is 1. The number of benzene rings is 1. The second kappa shape index (κ2) is 6.12.